The number of hydrogen-bond donors (Lipinski definition) is 1. The van der Waals surface area contributed by atoms with E-state index in [9.17, 15) is 0 Å². The second-order valence-corrected chi connectivity index (χ2v) is 5.37. The molecule has 20 heavy (non-hydrogen) atoms. The van der Waals surface area contributed by atoms with E-state index in [0.717, 1.165) is 24.4 Å². The van der Waals surface area contributed by atoms with Gasteiger partial charge >= 0.3 is 0 Å². The lowest BCUT2D eigenvalue weighted by Crippen LogP contribution is -2.44. The highest BCUT2D eigenvalue weighted by atomic mass is 16.5. The average molecular weight is 277 g/mol. The van der Waals surface area contributed by atoms with E-state index in [-0.39, 0.29) is 6.10 Å². The van der Waals surface area contributed by atoms with Gasteiger partial charge in [0, 0.05) is 18.7 Å². The van der Waals surface area contributed by atoms with Crippen molar-refractivity contribution in [2.24, 2.45) is 5.92 Å². The van der Waals surface area contributed by atoms with Crippen molar-refractivity contribution in [1.82, 2.24) is 5.32 Å². The van der Waals surface area contributed by atoms with Gasteiger partial charge in [0.25, 0.3) is 0 Å². The normalized spacial score (nSPS) is 23.0. The first-order valence-electron chi connectivity index (χ1n) is 7.87. The third-order valence-electron chi connectivity index (χ3n) is 4.15. The zero-order chi connectivity index (χ0) is 14.4. The quantitative estimate of drug-likeness (QED) is 0.862. The standard InChI is InChI=1S/C17H27NO2/c1-4-13(5-2)16-11-18-12-17(20-16)14-9-7-8-10-15(14)19-6-3/h7-10,13,16-18H,4-6,11-12H2,1-3H3. The van der Waals surface area contributed by atoms with Gasteiger partial charge in [-0.3, -0.25) is 0 Å². The molecule has 1 fully saturated rings. The molecule has 2 atom stereocenters. The van der Waals surface area contributed by atoms with Gasteiger partial charge < -0.3 is 14.8 Å². The van der Waals surface area contributed by atoms with Crippen LogP contribution in [-0.2, 0) is 4.74 Å². The summed E-state index contributed by atoms with van der Waals surface area (Å²) < 4.78 is 12.1. The van der Waals surface area contributed by atoms with Crippen LogP contribution < -0.4 is 10.1 Å². The molecule has 3 nitrogen and oxygen atoms in total. The molecule has 1 aliphatic heterocycles. The van der Waals surface area contributed by atoms with Crippen molar-refractivity contribution in [3.05, 3.63) is 29.8 Å². The Morgan fingerprint density at radius 1 is 1.20 bits per heavy atom. The number of hydrogen-bond acceptors (Lipinski definition) is 3. The summed E-state index contributed by atoms with van der Waals surface area (Å²) in [5.74, 6) is 1.58. The highest BCUT2D eigenvalue weighted by Gasteiger charge is 2.29. The van der Waals surface area contributed by atoms with Gasteiger partial charge in [-0.05, 0) is 18.9 Å². The molecule has 1 aromatic rings. The lowest BCUT2D eigenvalue weighted by Gasteiger charge is -2.35. The van der Waals surface area contributed by atoms with Crippen LogP contribution in [0.2, 0.25) is 0 Å². The summed E-state index contributed by atoms with van der Waals surface area (Å²) in [6, 6.07) is 8.22. The van der Waals surface area contributed by atoms with Gasteiger partial charge in [-0.1, -0.05) is 44.9 Å². The van der Waals surface area contributed by atoms with Crippen molar-refractivity contribution < 1.29 is 9.47 Å². The van der Waals surface area contributed by atoms with Crippen LogP contribution in [0.3, 0.4) is 0 Å². The van der Waals surface area contributed by atoms with Gasteiger partial charge in [0.1, 0.15) is 5.75 Å². The minimum atomic E-state index is 0.0945. The topological polar surface area (TPSA) is 30.5 Å². The minimum absolute atomic E-state index is 0.0945. The van der Waals surface area contributed by atoms with Crippen LogP contribution in [0.15, 0.2) is 24.3 Å². The Kier molecular flexibility index (Phi) is 5.86. The molecular weight excluding hydrogens is 250 g/mol. The monoisotopic (exact) mass is 277 g/mol. The maximum atomic E-state index is 6.36. The first-order valence-corrected chi connectivity index (χ1v) is 7.87. The Morgan fingerprint density at radius 3 is 2.65 bits per heavy atom. The second kappa shape index (κ2) is 7.65. The van der Waals surface area contributed by atoms with Gasteiger partial charge in [-0.15, -0.1) is 0 Å². The molecule has 0 amide bonds. The van der Waals surface area contributed by atoms with Crippen molar-refractivity contribution in [2.75, 3.05) is 19.7 Å². The Balaban J connectivity index is 2.12. The molecule has 1 N–H and O–H groups in total. The predicted octanol–water partition coefficient (Wildman–Crippen LogP) is 3.55. The summed E-state index contributed by atoms with van der Waals surface area (Å²) in [4.78, 5) is 0. The van der Waals surface area contributed by atoms with Crippen LogP contribution in [0.4, 0.5) is 0 Å². The van der Waals surface area contributed by atoms with Crippen molar-refractivity contribution >= 4 is 0 Å². The van der Waals surface area contributed by atoms with Crippen molar-refractivity contribution in [1.29, 1.82) is 0 Å². The zero-order valence-corrected chi connectivity index (χ0v) is 12.9. The summed E-state index contributed by atoms with van der Waals surface area (Å²) in [5.41, 5.74) is 1.16. The molecule has 1 saturated heterocycles. The predicted molar refractivity (Wildman–Crippen MR) is 82.2 cm³/mol. The lowest BCUT2D eigenvalue weighted by atomic mass is 9.94. The summed E-state index contributed by atoms with van der Waals surface area (Å²) in [7, 11) is 0. The minimum Gasteiger partial charge on any atom is -0.493 e. The molecule has 1 aliphatic rings. The van der Waals surface area contributed by atoms with Gasteiger partial charge in [-0.2, -0.15) is 0 Å². The Morgan fingerprint density at radius 2 is 1.95 bits per heavy atom. The maximum Gasteiger partial charge on any atom is 0.125 e. The molecule has 0 bridgehead atoms. The Labute approximate surface area is 122 Å². The SMILES string of the molecule is CCOc1ccccc1C1CNCC(C(CC)CC)O1. The van der Waals surface area contributed by atoms with E-state index >= 15 is 0 Å². The van der Waals surface area contributed by atoms with Crippen LogP contribution in [0.1, 0.15) is 45.3 Å². The number of ether oxygens (including phenoxy) is 2. The fraction of sp³-hybridized carbons (Fsp3) is 0.647. The summed E-state index contributed by atoms with van der Waals surface area (Å²) in [5, 5.41) is 3.52. The van der Waals surface area contributed by atoms with Gasteiger partial charge in [-0.25, -0.2) is 0 Å². The van der Waals surface area contributed by atoms with Crippen LogP contribution in [-0.4, -0.2) is 25.8 Å². The molecule has 3 heteroatoms. The van der Waals surface area contributed by atoms with Crippen molar-refractivity contribution in [2.45, 2.75) is 45.8 Å². The number of nitrogens with one attached hydrogen (secondary N) is 1. The summed E-state index contributed by atoms with van der Waals surface area (Å²) in [6.07, 6.45) is 2.74. The van der Waals surface area contributed by atoms with Crippen LogP contribution in [0, 0.1) is 5.92 Å². The molecule has 0 saturated carbocycles. The van der Waals surface area contributed by atoms with Gasteiger partial charge in [0.2, 0.25) is 0 Å². The number of benzene rings is 1. The fourth-order valence-corrected chi connectivity index (χ4v) is 2.97. The lowest BCUT2D eigenvalue weighted by molar-refractivity contribution is -0.0696. The molecule has 2 unspecified atom stereocenters. The van der Waals surface area contributed by atoms with E-state index in [4.69, 9.17) is 9.47 Å². The number of rotatable bonds is 6. The molecule has 0 aliphatic carbocycles. The Bertz CT molecular complexity index is 404. The highest BCUT2D eigenvalue weighted by Crippen LogP contribution is 2.32. The van der Waals surface area contributed by atoms with Gasteiger partial charge in [0.05, 0.1) is 18.8 Å². The molecule has 2 rings (SSSR count). The average Bonchev–Trinajstić information content (AvgIpc) is 2.50. The molecule has 0 spiro atoms. The Hall–Kier alpha value is -1.06. The molecule has 1 aromatic carbocycles. The molecule has 112 valence electrons. The van der Waals surface area contributed by atoms with Crippen LogP contribution in [0.25, 0.3) is 0 Å². The first kappa shape index (κ1) is 15.3. The van der Waals surface area contributed by atoms with Crippen LogP contribution >= 0.6 is 0 Å². The van der Waals surface area contributed by atoms with Gasteiger partial charge in [0.15, 0.2) is 0 Å². The highest BCUT2D eigenvalue weighted by molar-refractivity contribution is 5.35. The molecule has 0 aromatic heterocycles. The van der Waals surface area contributed by atoms with E-state index < -0.39 is 0 Å². The number of para-hydroxylation sites is 1. The van der Waals surface area contributed by atoms with Crippen molar-refractivity contribution in [3.8, 4) is 5.75 Å². The molecule has 0 radical (unpaired) electrons. The second-order valence-electron chi connectivity index (χ2n) is 5.37. The smallest absolute Gasteiger partial charge is 0.125 e. The van der Waals surface area contributed by atoms with E-state index in [2.05, 4.69) is 31.3 Å². The van der Waals surface area contributed by atoms with E-state index in [0.29, 0.717) is 18.6 Å². The maximum absolute atomic E-state index is 6.36. The molecule has 1 heterocycles. The fourth-order valence-electron chi connectivity index (χ4n) is 2.97. The number of morpholine rings is 1. The third-order valence-corrected chi connectivity index (χ3v) is 4.15. The molecular formula is C17H27NO2. The van der Waals surface area contributed by atoms with Crippen molar-refractivity contribution in [3.63, 3.8) is 0 Å². The summed E-state index contributed by atoms with van der Waals surface area (Å²) in [6.45, 7) is 9.02. The largest absolute Gasteiger partial charge is 0.493 e. The van der Waals surface area contributed by atoms with Crippen LogP contribution in [0.5, 0.6) is 5.75 Å². The third kappa shape index (κ3) is 3.53. The van der Waals surface area contributed by atoms with E-state index in [1.54, 1.807) is 0 Å². The summed E-state index contributed by atoms with van der Waals surface area (Å²) >= 11 is 0. The van der Waals surface area contributed by atoms with E-state index in [1.165, 1.54) is 12.8 Å². The van der Waals surface area contributed by atoms with E-state index in [1.807, 2.05) is 19.1 Å². The zero-order valence-electron chi connectivity index (χ0n) is 12.9. The first-order chi connectivity index (χ1) is 9.80.